The molecule has 0 spiro atoms. The van der Waals surface area contributed by atoms with Gasteiger partial charge in [0.2, 0.25) is 5.91 Å². The van der Waals surface area contributed by atoms with Gasteiger partial charge in [-0.25, -0.2) is 9.18 Å². The quantitative estimate of drug-likeness (QED) is 0.180. The molecule has 0 saturated heterocycles. The van der Waals surface area contributed by atoms with Crippen LogP contribution in [0.5, 0.6) is 0 Å². The third-order valence-corrected chi connectivity index (χ3v) is 6.97. The van der Waals surface area contributed by atoms with Crippen molar-refractivity contribution in [1.29, 1.82) is 0 Å². The van der Waals surface area contributed by atoms with E-state index in [0.717, 1.165) is 29.3 Å². The third kappa shape index (κ3) is 8.10. The molecule has 0 aliphatic heterocycles. The van der Waals surface area contributed by atoms with Gasteiger partial charge in [-0.05, 0) is 65.6 Å². The number of nitrogens with zero attached hydrogens (tertiary/aromatic N) is 1. The maximum absolute atomic E-state index is 14.2. The van der Waals surface area contributed by atoms with Crippen molar-refractivity contribution in [3.05, 3.63) is 118 Å². The smallest absolute Gasteiger partial charge is 0.390 e. The number of carboxylic acid groups (broad SMARTS) is 1. The summed E-state index contributed by atoms with van der Waals surface area (Å²) in [6.45, 7) is 1.46. The summed E-state index contributed by atoms with van der Waals surface area (Å²) in [7, 11) is 0. The largest absolute Gasteiger partial charge is 0.478 e. The average Bonchev–Trinajstić information content (AvgIpc) is 2.92. The Morgan fingerprint density at radius 1 is 0.952 bits per heavy atom. The number of alkyl halides is 3. The summed E-state index contributed by atoms with van der Waals surface area (Å²) in [5.41, 5.74) is 2.84. The Morgan fingerprint density at radius 2 is 1.67 bits per heavy atom. The molecule has 0 radical (unpaired) electrons. The lowest BCUT2D eigenvalue weighted by atomic mass is 9.98. The van der Waals surface area contributed by atoms with E-state index >= 15 is 0 Å². The second-order valence-electron chi connectivity index (χ2n) is 9.82. The van der Waals surface area contributed by atoms with Gasteiger partial charge in [-0.15, -0.1) is 0 Å². The fourth-order valence-electron chi connectivity index (χ4n) is 4.49. The molecule has 0 aliphatic rings. The highest BCUT2D eigenvalue weighted by atomic mass is 35.5. The molecule has 218 valence electrons. The van der Waals surface area contributed by atoms with Crippen LogP contribution in [0, 0.1) is 12.7 Å². The van der Waals surface area contributed by atoms with Crippen molar-refractivity contribution in [1.82, 2.24) is 0 Å². The molecule has 0 aromatic heterocycles. The zero-order chi connectivity index (χ0) is 30.4. The predicted molar refractivity (Wildman–Crippen MR) is 155 cm³/mol. The number of carboxylic acids is 1. The van der Waals surface area contributed by atoms with E-state index in [0.29, 0.717) is 10.6 Å². The van der Waals surface area contributed by atoms with Crippen molar-refractivity contribution in [3.8, 4) is 11.1 Å². The zero-order valence-corrected chi connectivity index (χ0v) is 23.3. The maximum atomic E-state index is 14.2. The number of hydrogen-bond acceptors (Lipinski definition) is 3. The molecule has 2 N–H and O–H groups in total. The highest BCUT2D eigenvalue weighted by Gasteiger charge is 2.29. The van der Waals surface area contributed by atoms with E-state index in [1.165, 1.54) is 23.1 Å². The summed E-state index contributed by atoms with van der Waals surface area (Å²) in [5, 5.41) is 12.8. The van der Waals surface area contributed by atoms with Gasteiger partial charge in [-0.3, -0.25) is 4.79 Å². The number of aryl methyl sites for hydroxylation is 1. The number of hydrogen-bond donors (Lipinski definition) is 2. The van der Waals surface area contributed by atoms with Gasteiger partial charge in [0, 0.05) is 18.1 Å². The van der Waals surface area contributed by atoms with E-state index in [4.69, 9.17) is 11.6 Å². The lowest BCUT2D eigenvalue weighted by Crippen LogP contribution is -2.29. The molecule has 0 fully saturated rings. The zero-order valence-electron chi connectivity index (χ0n) is 22.5. The SMILES string of the molecule is Cc1ccc(CC(=O)Nc2cc(-c3cc(F)ccc3C(=O)O)ccc2N(CCC(F)(F)F)Cc2ccccc2Cl)cc1. The summed E-state index contributed by atoms with van der Waals surface area (Å²) < 4.78 is 54.3. The Labute approximate surface area is 245 Å². The van der Waals surface area contributed by atoms with E-state index in [-0.39, 0.29) is 41.0 Å². The molecule has 5 nitrogen and oxygen atoms in total. The van der Waals surface area contributed by atoms with Crippen LogP contribution >= 0.6 is 11.6 Å². The molecule has 0 aliphatic carbocycles. The Balaban J connectivity index is 1.80. The molecule has 10 heteroatoms. The summed E-state index contributed by atoms with van der Waals surface area (Å²) in [6.07, 6.45) is -5.61. The van der Waals surface area contributed by atoms with Crippen molar-refractivity contribution in [3.63, 3.8) is 0 Å². The van der Waals surface area contributed by atoms with Crippen LogP contribution in [-0.2, 0) is 17.8 Å². The second-order valence-corrected chi connectivity index (χ2v) is 10.2. The van der Waals surface area contributed by atoms with Crippen LogP contribution in [0.15, 0.2) is 84.9 Å². The Morgan fingerprint density at radius 3 is 2.33 bits per heavy atom. The molecule has 0 atom stereocenters. The average molecular weight is 599 g/mol. The predicted octanol–water partition coefficient (Wildman–Crippen LogP) is 8.29. The molecular formula is C32H27ClF4N2O3. The summed E-state index contributed by atoms with van der Waals surface area (Å²) >= 11 is 6.33. The van der Waals surface area contributed by atoms with Gasteiger partial charge in [-0.2, -0.15) is 13.2 Å². The highest BCUT2D eigenvalue weighted by molar-refractivity contribution is 6.31. The first-order chi connectivity index (χ1) is 19.9. The molecule has 1 amide bonds. The van der Waals surface area contributed by atoms with Crippen LogP contribution in [0.2, 0.25) is 5.02 Å². The van der Waals surface area contributed by atoms with Crippen LogP contribution in [0.25, 0.3) is 11.1 Å². The molecule has 0 saturated carbocycles. The minimum atomic E-state index is -4.45. The second kappa shape index (κ2) is 13.1. The summed E-state index contributed by atoms with van der Waals surface area (Å²) in [5.74, 6) is -2.40. The third-order valence-electron chi connectivity index (χ3n) is 6.60. The number of carbonyl (C=O) groups excluding carboxylic acids is 1. The van der Waals surface area contributed by atoms with E-state index in [1.54, 1.807) is 36.4 Å². The number of benzene rings is 4. The molecule has 0 unspecified atom stereocenters. The van der Waals surface area contributed by atoms with Gasteiger partial charge in [0.25, 0.3) is 0 Å². The van der Waals surface area contributed by atoms with Crippen molar-refractivity contribution >= 4 is 34.9 Å². The van der Waals surface area contributed by atoms with Gasteiger partial charge < -0.3 is 15.3 Å². The Kier molecular flexibility index (Phi) is 9.52. The molecule has 4 aromatic rings. The van der Waals surface area contributed by atoms with Crippen molar-refractivity contribution in [2.24, 2.45) is 0 Å². The van der Waals surface area contributed by atoms with Crippen molar-refractivity contribution in [2.45, 2.75) is 32.5 Å². The minimum Gasteiger partial charge on any atom is -0.478 e. The molecule has 0 heterocycles. The molecule has 42 heavy (non-hydrogen) atoms. The van der Waals surface area contributed by atoms with Crippen LogP contribution in [0.3, 0.4) is 0 Å². The number of aromatic carboxylic acids is 1. The normalized spacial score (nSPS) is 11.3. The molecular weight excluding hydrogens is 572 g/mol. The Bertz CT molecular complexity index is 1590. The summed E-state index contributed by atoms with van der Waals surface area (Å²) in [6, 6.07) is 21.7. The number of rotatable bonds is 10. The molecule has 4 aromatic carbocycles. The number of halogens is 5. The topological polar surface area (TPSA) is 69.6 Å². The van der Waals surface area contributed by atoms with E-state index < -0.39 is 36.8 Å². The molecule has 4 rings (SSSR count). The first kappa shape index (κ1) is 30.6. The fourth-order valence-corrected chi connectivity index (χ4v) is 4.68. The number of nitrogens with one attached hydrogen (secondary N) is 1. The van der Waals surface area contributed by atoms with Crippen LogP contribution in [0.1, 0.15) is 33.5 Å². The summed E-state index contributed by atoms with van der Waals surface area (Å²) in [4.78, 5) is 26.5. The van der Waals surface area contributed by atoms with Gasteiger partial charge >= 0.3 is 12.1 Å². The van der Waals surface area contributed by atoms with Gasteiger partial charge in [0.1, 0.15) is 5.82 Å². The number of amides is 1. The van der Waals surface area contributed by atoms with E-state index in [9.17, 15) is 32.3 Å². The van der Waals surface area contributed by atoms with Crippen LogP contribution in [-0.4, -0.2) is 29.7 Å². The van der Waals surface area contributed by atoms with Crippen LogP contribution in [0.4, 0.5) is 28.9 Å². The Hall–Kier alpha value is -4.37. The van der Waals surface area contributed by atoms with Gasteiger partial charge in [-0.1, -0.05) is 65.7 Å². The lowest BCUT2D eigenvalue weighted by molar-refractivity contribution is -0.132. The lowest BCUT2D eigenvalue weighted by Gasteiger charge is -2.29. The van der Waals surface area contributed by atoms with Crippen molar-refractivity contribution < 1.29 is 32.3 Å². The standard InChI is InChI=1S/C32H27ClF4N2O3/c1-20-6-8-21(9-7-20)16-30(40)38-28-17-22(26-18-24(34)11-12-25(26)31(41)42)10-13-29(28)39(15-14-32(35,36)37)19-23-4-2-3-5-27(23)33/h2-13,17-18H,14-16,19H2,1H3,(H,38,40)(H,41,42). The van der Waals surface area contributed by atoms with Crippen LogP contribution < -0.4 is 10.2 Å². The van der Waals surface area contributed by atoms with E-state index in [2.05, 4.69) is 5.32 Å². The van der Waals surface area contributed by atoms with Crippen molar-refractivity contribution in [2.75, 3.05) is 16.8 Å². The highest BCUT2D eigenvalue weighted by Crippen LogP contribution is 2.36. The van der Waals surface area contributed by atoms with E-state index in [1.807, 2.05) is 19.1 Å². The van der Waals surface area contributed by atoms with Gasteiger partial charge in [0.15, 0.2) is 0 Å². The minimum absolute atomic E-state index is 0.00370. The fraction of sp³-hybridized carbons (Fsp3) is 0.188. The molecule has 0 bridgehead atoms. The first-order valence-corrected chi connectivity index (χ1v) is 13.3. The van der Waals surface area contributed by atoms with Gasteiger partial charge in [0.05, 0.1) is 29.8 Å². The monoisotopic (exact) mass is 598 g/mol. The number of anilines is 2. The first-order valence-electron chi connectivity index (χ1n) is 13.0. The number of carbonyl (C=O) groups is 2. The maximum Gasteiger partial charge on any atom is 0.390 e.